The standard InChI is InChI=1S/C8H15BrO/c1-7(2,3)6(10)8(4,5)9/h1-5H3. The quantitative estimate of drug-likeness (QED) is 0.604. The van der Waals surface area contributed by atoms with Crippen LogP contribution in [0.25, 0.3) is 0 Å². The number of carbonyl (C=O) groups excluding carboxylic acids is 1. The molecule has 0 rings (SSSR count). The molecular weight excluding hydrogens is 192 g/mol. The van der Waals surface area contributed by atoms with Gasteiger partial charge in [-0.15, -0.1) is 0 Å². The Morgan fingerprint density at radius 1 is 1.10 bits per heavy atom. The molecule has 0 aliphatic carbocycles. The summed E-state index contributed by atoms with van der Waals surface area (Å²) in [5, 5.41) is 0. The zero-order valence-corrected chi connectivity index (χ0v) is 8.87. The van der Waals surface area contributed by atoms with Crippen LogP contribution in [0.2, 0.25) is 0 Å². The third-order valence-corrected chi connectivity index (χ3v) is 1.58. The Labute approximate surface area is 71.3 Å². The van der Waals surface area contributed by atoms with Crippen LogP contribution in [0.4, 0.5) is 0 Å². The Bertz CT molecular complexity index is 120. The van der Waals surface area contributed by atoms with Crippen LogP contribution in [-0.2, 0) is 4.79 Å². The molecule has 2 heteroatoms. The second-order valence-corrected chi connectivity index (χ2v) is 6.03. The summed E-state index contributed by atoms with van der Waals surface area (Å²) in [5.41, 5.74) is -0.243. The van der Waals surface area contributed by atoms with E-state index in [1.165, 1.54) is 0 Å². The largest absolute Gasteiger partial charge is 0.298 e. The van der Waals surface area contributed by atoms with Crippen molar-refractivity contribution in [2.75, 3.05) is 0 Å². The van der Waals surface area contributed by atoms with Crippen molar-refractivity contribution in [1.82, 2.24) is 0 Å². The Hall–Kier alpha value is 0.150. The zero-order chi connectivity index (χ0) is 8.58. The van der Waals surface area contributed by atoms with Crippen molar-refractivity contribution in [2.24, 2.45) is 5.41 Å². The summed E-state index contributed by atoms with van der Waals surface area (Å²) in [4.78, 5) is 11.4. The van der Waals surface area contributed by atoms with Crippen LogP contribution in [0.3, 0.4) is 0 Å². The summed E-state index contributed by atoms with van der Waals surface area (Å²) < 4.78 is -0.384. The van der Waals surface area contributed by atoms with Crippen molar-refractivity contribution < 1.29 is 4.79 Å². The lowest BCUT2D eigenvalue weighted by Crippen LogP contribution is -2.35. The highest BCUT2D eigenvalue weighted by Gasteiger charge is 2.33. The van der Waals surface area contributed by atoms with Crippen LogP contribution >= 0.6 is 15.9 Å². The summed E-state index contributed by atoms with van der Waals surface area (Å²) in [7, 11) is 0. The molecule has 0 heterocycles. The van der Waals surface area contributed by atoms with Gasteiger partial charge in [0, 0.05) is 5.41 Å². The minimum atomic E-state index is -0.384. The Morgan fingerprint density at radius 2 is 1.40 bits per heavy atom. The topological polar surface area (TPSA) is 17.1 Å². The minimum Gasteiger partial charge on any atom is -0.298 e. The molecule has 0 saturated heterocycles. The van der Waals surface area contributed by atoms with E-state index in [0.717, 1.165) is 0 Å². The second-order valence-electron chi connectivity index (χ2n) is 4.05. The molecule has 0 aromatic carbocycles. The third-order valence-electron chi connectivity index (χ3n) is 1.22. The number of carbonyl (C=O) groups is 1. The Kier molecular flexibility index (Phi) is 2.69. The highest BCUT2D eigenvalue weighted by atomic mass is 79.9. The van der Waals surface area contributed by atoms with E-state index in [0.29, 0.717) is 0 Å². The first-order valence-electron chi connectivity index (χ1n) is 3.39. The van der Waals surface area contributed by atoms with Crippen LogP contribution in [0.15, 0.2) is 0 Å². The number of ketones is 1. The summed E-state index contributed by atoms with van der Waals surface area (Å²) in [6.45, 7) is 9.54. The minimum absolute atomic E-state index is 0.236. The van der Waals surface area contributed by atoms with Crippen molar-refractivity contribution in [2.45, 2.75) is 38.9 Å². The van der Waals surface area contributed by atoms with E-state index in [1.54, 1.807) is 0 Å². The number of hydrogen-bond acceptors (Lipinski definition) is 1. The normalized spacial score (nSPS) is 13.4. The highest BCUT2D eigenvalue weighted by molar-refractivity contribution is 9.10. The average molecular weight is 207 g/mol. The molecule has 0 radical (unpaired) electrons. The molecule has 0 fully saturated rings. The van der Waals surface area contributed by atoms with Crippen LogP contribution < -0.4 is 0 Å². The Balaban J connectivity index is 4.40. The molecule has 0 saturated carbocycles. The van der Waals surface area contributed by atoms with Crippen LogP contribution in [0.5, 0.6) is 0 Å². The predicted molar refractivity (Wildman–Crippen MR) is 47.5 cm³/mol. The van der Waals surface area contributed by atoms with Gasteiger partial charge in [0.15, 0.2) is 5.78 Å². The second kappa shape index (κ2) is 2.65. The number of Topliss-reactive ketones (excluding diaryl/α,β-unsaturated/α-hetero) is 1. The average Bonchev–Trinajstić information content (AvgIpc) is 1.59. The number of rotatable bonds is 1. The number of hydrogen-bond donors (Lipinski definition) is 0. The maximum atomic E-state index is 11.4. The lowest BCUT2D eigenvalue weighted by Gasteiger charge is -2.25. The summed E-state index contributed by atoms with van der Waals surface area (Å²) in [5.74, 6) is 0.236. The van der Waals surface area contributed by atoms with E-state index in [-0.39, 0.29) is 15.5 Å². The summed E-state index contributed by atoms with van der Waals surface area (Å²) in [6, 6.07) is 0. The van der Waals surface area contributed by atoms with E-state index in [4.69, 9.17) is 0 Å². The predicted octanol–water partition coefficient (Wildman–Crippen LogP) is 2.78. The van der Waals surface area contributed by atoms with Gasteiger partial charge >= 0.3 is 0 Å². The van der Waals surface area contributed by atoms with Crippen molar-refractivity contribution in [1.29, 1.82) is 0 Å². The monoisotopic (exact) mass is 206 g/mol. The van der Waals surface area contributed by atoms with Gasteiger partial charge < -0.3 is 0 Å². The van der Waals surface area contributed by atoms with Crippen molar-refractivity contribution in [3.63, 3.8) is 0 Å². The molecule has 0 aromatic heterocycles. The fraction of sp³-hybridized carbons (Fsp3) is 0.875. The number of alkyl halides is 1. The van der Waals surface area contributed by atoms with Gasteiger partial charge in [0.1, 0.15) is 0 Å². The van der Waals surface area contributed by atoms with Crippen molar-refractivity contribution in [3.8, 4) is 0 Å². The smallest absolute Gasteiger partial charge is 0.154 e. The van der Waals surface area contributed by atoms with E-state index < -0.39 is 0 Å². The molecular formula is C8H15BrO. The van der Waals surface area contributed by atoms with Crippen LogP contribution in [-0.4, -0.2) is 10.1 Å². The van der Waals surface area contributed by atoms with Gasteiger partial charge in [0.25, 0.3) is 0 Å². The van der Waals surface area contributed by atoms with E-state index in [9.17, 15) is 4.79 Å². The molecule has 0 bridgehead atoms. The van der Waals surface area contributed by atoms with E-state index >= 15 is 0 Å². The molecule has 0 atom stereocenters. The van der Waals surface area contributed by atoms with Crippen LogP contribution in [0.1, 0.15) is 34.6 Å². The van der Waals surface area contributed by atoms with Crippen molar-refractivity contribution >= 4 is 21.7 Å². The fourth-order valence-electron chi connectivity index (χ4n) is 0.892. The summed E-state index contributed by atoms with van der Waals surface area (Å²) in [6.07, 6.45) is 0. The third kappa shape index (κ3) is 2.82. The van der Waals surface area contributed by atoms with Gasteiger partial charge in [-0.1, -0.05) is 36.7 Å². The molecule has 0 unspecified atom stereocenters. The summed E-state index contributed by atoms with van der Waals surface area (Å²) >= 11 is 3.33. The van der Waals surface area contributed by atoms with Gasteiger partial charge in [-0.25, -0.2) is 0 Å². The van der Waals surface area contributed by atoms with Crippen LogP contribution in [0, 0.1) is 5.41 Å². The lowest BCUT2D eigenvalue weighted by atomic mass is 9.84. The molecule has 0 aliphatic rings. The first-order chi connectivity index (χ1) is 4.15. The molecule has 0 aromatic rings. The zero-order valence-electron chi connectivity index (χ0n) is 7.29. The molecule has 10 heavy (non-hydrogen) atoms. The van der Waals surface area contributed by atoms with Gasteiger partial charge in [-0.05, 0) is 13.8 Å². The molecule has 60 valence electrons. The molecule has 0 aliphatic heterocycles. The molecule has 0 amide bonds. The highest BCUT2D eigenvalue weighted by Crippen LogP contribution is 2.28. The first kappa shape index (κ1) is 10.2. The Morgan fingerprint density at radius 3 is 1.40 bits per heavy atom. The molecule has 1 nitrogen and oxygen atoms in total. The van der Waals surface area contributed by atoms with Gasteiger partial charge in [0.2, 0.25) is 0 Å². The molecule has 0 spiro atoms. The van der Waals surface area contributed by atoms with E-state index in [2.05, 4.69) is 15.9 Å². The number of halogens is 1. The maximum Gasteiger partial charge on any atom is 0.154 e. The van der Waals surface area contributed by atoms with Gasteiger partial charge in [-0.3, -0.25) is 4.79 Å². The SMILES string of the molecule is CC(C)(C)C(=O)C(C)(C)Br. The van der Waals surface area contributed by atoms with E-state index in [1.807, 2.05) is 34.6 Å². The first-order valence-corrected chi connectivity index (χ1v) is 4.19. The van der Waals surface area contributed by atoms with Gasteiger partial charge in [0.05, 0.1) is 4.32 Å². The van der Waals surface area contributed by atoms with Gasteiger partial charge in [-0.2, -0.15) is 0 Å². The lowest BCUT2D eigenvalue weighted by molar-refractivity contribution is -0.127. The maximum absolute atomic E-state index is 11.4. The molecule has 0 N–H and O–H groups in total. The fourth-order valence-corrected chi connectivity index (χ4v) is 1.49. The van der Waals surface area contributed by atoms with Crippen molar-refractivity contribution in [3.05, 3.63) is 0 Å².